The third-order valence-corrected chi connectivity index (χ3v) is 2.62. The molecular weight excluding hydrogens is 258 g/mol. The number of phenolic OH excluding ortho intramolecular Hbond substituents is 1. The molecule has 0 bridgehead atoms. The maximum atomic E-state index is 12.0. The number of nitriles is 1. The highest BCUT2D eigenvalue weighted by Crippen LogP contribution is 2.27. The number of ketones is 1. The normalized spacial score (nSPS) is 10.9. The molecule has 0 saturated heterocycles. The molecule has 2 rings (SSSR count). The molecule has 0 unspecified atom stereocenters. The molecule has 0 saturated carbocycles. The zero-order chi connectivity index (χ0) is 14.5. The SMILES string of the molecule is COc1ccc(/C=C(\C#N)C(=O)c2ccco2)cc1O. The number of benzene rings is 1. The van der Waals surface area contributed by atoms with Gasteiger partial charge in [0.1, 0.15) is 11.6 Å². The molecule has 0 aliphatic heterocycles. The van der Waals surface area contributed by atoms with Crippen molar-refractivity contribution in [1.29, 1.82) is 5.26 Å². The van der Waals surface area contributed by atoms with Gasteiger partial charge >= 0.3 is 0 Å². The Kier molecular flexibility index (Phi) is 3.87. The van der Waals surface area contributed by atoms with E-state index in [2.05, 4.69) is 0 Å². The first kappa shape index (κ1) is 13.4. The molecule has 20 heavy (non-hydrogen) atoms. The number of aromatic hydroxyl groups is 1. The Morgan fingerprint density at radius 3 is 2.80 bits per heavy atom. The van der Waals surface area contributed by atoms with Gasteiger partial charge in [-0.2, -0.15) is 5.26 Å². The lowest BCUT2D eigenvalue weighted by atomic mass is 10.1. The van der Waals surface area contributed by atoms with Crippen LogP contribution in [0, 0.1) is 11.3 Å². The lowest BCUT2D eigenvalue weighted by molar-refractivity contribution is 0.101. The molecule has 0 aliphatic carbocycles. The zero-order valence-corrected chi connectivity index (χ0v) is 10.7. The third kappa shape index (κ3) is 2.70. The number of nitrogens with zero attached hydrogens (tertiary/aromatic N) is 1. The van der Waals surface area contributed by atoms with E-state index in [4.69, 9.17) is 14.4 Å². The van der Waals surface area contributed by atoms with Crippen LogP contribution in [0.2, 0.25) is 0 Å². The molecule has 1 N–H and O–H groups in total. The second kappa shape index (κ2) is 5.76. The van der Waals surface area contributed by atoms with Crippen LogP contribution in [0.4, 0.5) is 0 Å². The van der Waals surface area contributed by atoms with Crippen molar-refractivity contribution < 1.29 is 19.1 Å². The monoisotopic (exact) mass is 269 g/mol. The van der Waals surface area contributed by atoms with Crippen LogP contribution in [0.15, 0.2) is 46.6 Å². The Morgan fingerprint density at radius 1 is 1.45 bits per heavy atom. The molecule has 2 aromatic rings. The fraction of sp³-hybridized carbons (Fsp3) is 0.0667. The highest BCUT2D eigenvalue weighted by Gasteiger charge is 2.15. The number of carbonyl (C=O) groups excluding carboxylic acids is 1. The Morgan fingerprint density at radius 2 is 2.25 bits per heavy atom. The van der Waals surface area contributed by atoms with E-state index in [0.717, 1.165) is 0 Å². The Bertz CT molecular complexity index is 693. The molecule has 5 nitrogen and oxygen atoms in total. The van der Waals surface area contributed by atoms with Crippen molar-refractivity contribution in [1.82, 2.24) is 0 Å². The molecule has 1 heterocycles. The number of Topliss-reactive ketones (excluding diaryl/α,β-unsaturated/α-hetero) is 1. The van der Waals surface area contributed by atoms with E-state index in [9.17, 15) is 9.90 Å². The molecule has 0 fully saturated rings. The maximum absolute atomic E-state index is 12.0. The van der Waals surface area contributed by atoms with Crippen LogP contribution < -0.4 is 4.74 Å². The quantitative estimate of drug-likeness (QED) is 0.524. The Balaban J connectivity index is 2.35. The minimum atomic E-state index is -0.507. The van der Waals surface area contributed by atoms with E-state index in [1.165, 1.54) is 31.6 Å². The summed E-state index contributed by atoms with van der Waals surface area (Å²) in [7, 11) is 1.44. The van der Waals surface area contributed by atoms with E-state index in [1.807, 2.05) is 6.07 Å². The van der Waals surface area contributed by atoms with E-state index < -0.39 is 5.78 Å². The Labute approximate surface area is 115 Å². The lowest BCUT2D eigenvalue weighted by Gasteiger charge is -2.03. The number of ether oxygens (including phenoxy) is 1. The zero-order valence-electron chi connectivity index (χ0n) is 10.7. The predicted molar refractivity (Wildman–Crippen MR) is 71.3 cm³/mol. The first-order valence-electron chi connectivity index (χ1n) is 5.72. The fourth-order valence-electron chi connectivity index (χ4n) is 1.65. The molecule has 1 aromatic heterocycles. The minimum absolute atomic E-state index is 0.0658. The van der Waals surface area contributed by atoms with Gasteiger partial charge in [-0.15, -0.1) is 0 Å². The van der Waals surface area contributed by atoms with Crippen LogP contribution in [-0.2, 0) is 0 Å². The average Bonchev–Trinajstić information content (AvgIpc) is 2.98. The van der Waals surface area contributed by atoms with E-state index >= 15 is 0 Å². The van der Waals surface area contributed by atoms with Crippen molar-refractivity contribution in [3.8, 4) is 17.6 Å². The summed E-state index contributed by atoms with van der Waals surface area (Å²) in [5, 5.41) is 18.7. The molecule has 0 amide bonds. The second-order valence-electron chi connectivity index (χ2n) is 3.91. The first-order valence-corrected chi connectivity index (χ1v) is 5.72. The highest BCUT2D eigenvalue weighted by molar-refractivity contribution is 6.12. The van der Waals surface area contributed by atoms with Crippen molar-refractivity contribution in [3.05, 3.63) is 53.5 Å². The van der Waals surface area contributed by atoms with Crippen molar-refractivity contribution in [2.45, 2.75) is 0 Å². The number of hydrogen-bond acceptors (Lipinski definition) is 5. The van der Waals surface area contributed by atoms with Crippen molar-refractivity contribution in [2.24, 2.45) is 0 Å². The van der Waals surface area contributed by atoms with Crippen LogP contribution in [-0.4, -0.2) is 18.0 Å². The number of rotatable bonds is 4. The van der Waals surface area contributed by atoms with E-state index in [-0.39, 0.29) is 17.1 Å². The average molecular weight is 269 g/mol. The van der Waals surface area contributed by atoms with Crippen LogP contribution in [0.3, 0.4) is 0 Å². The minimum Gasteiger partial charge on any atom is -0.504 e. The van der Waals surface area contributed by atoms with Crippen molar-refractivity contribution >= 4 is 11.9 Å². The number of hydrogen-bond donors (Lipinski definition) is 1. The van der Waals surface area contributed by atoms with Gasteiger partial charge in [0.2, 0.25) is 5.78 Å². The number of furan rings is 1. The summed E-state index contributed by atoms with van der Waals surface area (Å²) < 4.78 is 9.89. The van der Waals surface area contributed by atoms with Gasteiger partial charge in [-0.1, -0.05) is 6.07 Å². The first-order chi connectivity index (χ1) is 9.65. The maximum Gasteiger partial charge on any atom is 0.238 e. The van der Waals surface area contributed by atoms with Gasteiger partial charge in [0.15, 0.2) is 17.3 Å². The molecule has 0 atom stereocenters. The second-order valence-corrected chi connectivity index (χ2v) is 3.91. The molecule has 0 aliphatic rings. The molecule has 0 radical (unpaired) electrons. The fourth-order valence-corrected chi connectivity index (χ4v) is 1.65. The number of carbonyl (C=O) groups is 1. The lowest BCUT2D eigenvalue weighted by Crippen LogP contribution is -2.00. The van der Waals surface area contributed by atoms with Crippen LogP contribution >= 0.6 is 0 Å². The third-order valence-electron chi connectivity index (χ3n) is 2.62. The smallest absolute Gasteiger partial charge is 0.238 e. The van der Waals surface area contributed by atoms with Gasteiger partial charge in [0.25, 0.3) is 0 Å². The van der Waals surface area contributed by atoms with Gasteiger partial charge in [-0.3, -0.25) is 4.79 Å². The summed E-state index contributed by atoms with van der Waals surface area (Å²) in [5.74, 6) is -0.162. The summed E-state index contributed by atoms with van der Waals surface area (Å²) in [5.41, 5.74) is 0.435. The standard InChI is InChI=1S/C15H11NO4/c1-19-13-5-4-10(8-12(13)17)7-11(9-16)15(18)14-3-2-6-20-14/h2-8,17H,1H3/b11-7+. The molecule has 1 aromatic carbocycles. The summed E-state index contributed by atoms with van der Waals surface area (Å²) in [6, 6.07) is 9.47. The number of methoxy groups -OCH3 is 1. The summed E-state index contributed by atoms with van der Waals surface area (Å²) in [4.78, 5) is 12.0. The van der Waals surface area contributed by atoms with Crippen molar-refractivity contribution in [3.63, 3.8) is 0 Å². The largest absolute Gasteiger partial charge is 0.504 e. The number of phenols is 1. The Hall–Kier alpha value is -3.00. The predicted octanol–water partition coefficient (Wildman–Crippen LogP) is 2.78. The summed E-state index contributed by atoms with van der Waals surface area (Å²) in [6.07, 6.45) is 2.74. The molecule has 5 heteroatoms. The summed E-state index contributed by atoms with van der Waals surface area (Å²) >= 11 is 0. The van der Waals surface area contributed by atoms with Crippen LogP contribution in [0.1, 0.15) is 16.1 Å². The topological polar surface area (TPSA) is 83.5 Å². The highest BCUT2D eigenvalue weighted by atomic mass is 16.5. The van der Waals surface area contributed by atoms with Gasteiger partial charge in [0, 0.05) is 0 Å². The van der Waals surface area contributed by atoms with Gasteiger partial charge in [-0.25, -0.2) is 0 Å². The molecular formula is C15H11NO4. The van der Waals surface area contributed by atoms with Crippen LogP contribution in [0.5, 0.6) is 11.5 Å². The molecule has 100 valence electrons. The van der Waals surface area contributed by atoms with Crippen LogP contribution in [0.25, 0.3) is 6.08 Å². The van der Waals surface area contributed by atoms with Gasteiger partial charge in [0.05, 0.1) is 13.4 Å². The number of allylic oxidation sites excluding steroid dienone is 1. The van der Waals surface area contributed by atoms with Gasteiger partial charge < -0.3 is 14.3 Å². The van der Waals surface area contributed by atoms with Crippen molar-refractivity contribution in [2.75, 3.05) is 7.11 Å². The van der Waals surface area contributed by atoms with Gasteiger partial charge in [-0.05, 0) is 35.9 Å². The molecule has 0 spiro atoms. The summed E-state index contributed by atoms with van der Waals surface area (Å²) in [6.45, 7) is 0. The van der Waals surface area contributed by atoms with E-state index in [1.54, 1.807) is 18.2 Å². The van der Waals surface area contributed by atoms with E-state index in [0.29, 0.717) is 11.3 Å².